The predicted molar refractivity (Wildman–Crippen MR) is 459 cm³/mol. The molecule has 0 radical (unpaired) electrons. The number of aliphatic carboxylic acids is 1. The van der Waals surface area contributed by atoms with Gasteiger partial charge in [-0.15, -0.1) is 0 Å². The molecule has 11 heterocycles. The molecule has 0 unspecified atom stereocenters. The lowest BCUT2D eigenvalue weighted by Gasteiger charge is -2.52. The summed E-state index contributed by atoms with van der Waals surface area (Å²) < 4.78 is 130. The SMILES string of the molecule is CC(=O)N[C@H]1[C@H](O[C@H]2[C@@H](O)[C@@H](CO)O[C@@H](O[C@H]3[C@H](O)[C@@H](NC(C)=O)[C@H](OC[C@H]4O[C@@H](O[C@H]5[C@H](O)[C@@H](NC(C)=O)[C@H](O[C@H]6[C@@H](O)[C@@H](CO)O[C@@H](O[C@H]7[C@H](O)[C@@H](O)[C@H](OC[C@@H](CO)NC=O)O[C@@H]7CO)[C@@H]6O)O[C@@H]5CO)[C@H](O)[C@@H](O[C@@H]5O[C@H](CO)[C@@H](O[C@@H]6O[C@H](CO)[C@H](O)[C@H](O[C@]7(C(=O)[O-])C[C@H](O)[C@@H](NC(C)=O)[C@H]([C@H](O)[C@H](O)CO)O7)[C@H]6O)[C@H](O)[C@H]5NC(C)=O)[C@H]4O)O[C@@H]3CO)[C@@H]2O)O[C@H](CO)[C@@H](O[C@@H]2O[C@H](CO)[C@H](O)[C@H](O)[C@H]2O)[C@@H]1O. The van der Waals surface area contributed by atoms with Crippen LogP contribution in [0, 0.1) is 0 Å². The van der Waals surface area contributed by atoms with Crippen LogP contribution in [-0.2, 0) is 138 Å². The van der Waals surface area contributed by atoms with Crippen LogP contribution in [0.25, 0.3) is 0 Å². The molecular formula is C83H137N6O61-. The quantitative estimate of drug-likeness (QED) is 0.0252. The summed E-state index contributed by atoms with van der Waals surface area (Å²) in [7, 11) is 0. The summed E-state index contributed by atoms with van der Waals surface area (Å²) in [6.45, 7) is -10.0. The second kappa shape index (κ2) is 55.1. The van der Waals surface area contributed by atoms with Gasteiger partial charge in [0.2, 0.25) is 41.7 Å². The Labute approximate surface area is 848 Å². The van der Waals surface area contributed by atoms with Crippen molar-refractivity contribution in [2.45, 2.75) is 390 Å². The molecule has 0 aromatic carbocycles. The van der Waals surface area contributed by atoms with Crippen LogP contribution in [0.15, 0.2) is 0 Å². The molecule has 866 valence electrons. The number of aliphatic hydroxyl groups is 31. The average molecular weight is 2190 g/mol. The maximum Gasteiger partial charge on any atom is 0.217 e. The summed E-state index contributed by atoms with van der Waals surface area (Å²) in [6, 6.07) is -11.2. The van der Waals surface area contributed by atoms with Crippen LogP contribution in [0.5, 0.6) is 0 Å². The van der Waals surface area contributed by atoms with Gasteiger partial charge in [-0.3, -0.25) is 28.8 Å². The second-order valence-electron chi connectivity index (χ2n) is 37.4. The normalized spacial score (nSPS) is 46.3. The molecule has 150 heavy (non-hydrogen) atoms. The van der Waals surface area contributed by atoms with E-state index < -0.39 is 477 Å². The molecule has 0 aromatic heterocycles. The number of hydrogen-bond donors (Lipinski definition) is 37. The summed E-state index contributed by atoms with van der Waals surface area (Å²) in [5.41, 5.74) is 0. The van der Waals surface area contributed by atoms with Crippen molar-refractivity contribution in [1.82, 2.24) is 31.9 Å². The zero-order valence-corrected chi connectivity index (χ0v) is 80.4. The Morgan fingerprint density at radius 3 is 0.927 bits per heavy atom. The number of rotatable bonds is 45. The zero-order chi connectivity index (χ0) is 111. The fourth-order valence-corrected chi connectivity index (χ4v) is 19.1. The van der Waals surface area contributed by atoms with Crippen molar-refractivity contribution in [2.75, 3.05) is 85.9 Å². The van der Waals surface area contributed by atoms with Crippen LogP contribution >= 0.6 is 0 Å². The third-order valence-corrected chi connectivity index (χ3v) is 26.9. The molecule has 57 atom stereocenters. The van der Waals surface area contributed by atoms with E-state index in [-0.39, 0.29) is 6.41 Å². The first kappa shape index (κ1) is 124. The highest BCUT2D eigenvalue weighted by molar-refractivity contribution is 5.76. The molecule has 11 fully saturated rings. The molecule has 37 N–H and O–H groups in total. The van der Waals surface area contributed by atoms with Gasteiger partial charge < -0.3 is 304 Å². The Kier molecular flexibility index (Phi) is 45.7. The minimum Gasteiger partial charge on any atom is -0.544 e. The average Bonchev–Trinajstić information content (AvgIpc) is 0.753. The number of carboxylic acids is 1. The number of carbonyl (C=O) groups is 7. The van der Waals surface area contributed by atoms with Crippen molar-refractivity contribution in [3.05, 3.63) is 0 Å². The van der Waals surface area contributed by atoms with Gasteiger partial charge in [-0.1, -0.05) is 0 Å². The van der Waals surface area contributed by atoms with E-state index in [2.05, 4.69) is 31.9 Å². The third-order valence-electron chi connectivity index (χ3n) is 26.9. The number of hydrogen-bond acceptors (Lipinski definition) is 61. The molecule has 11 saturated heterocycles. The van der Waals surface area contributed by atoms with E-state index in [1.165, 1.54) is 0 Å². The number of amides is 6. The van der Waals surface area contributed by atoms with Crippen LogP contribution in [0.4, 0.5) is 0 Å². The van der Waals surface area contributed by atoms with Gasteiger partial charge in [-0.05, 0) is 0 Å². The fraction of sp³-hybridized carbons (Fsp3) is 0.916. The molecule has 0 spiro atoms. The van der Waals surface area contributed by atoms with E-state index in [9.17, 15) is 197 Å². The van der Waals surface area contributed by atoms with Crippen molar-refractivity contribution in [2.24, 2.45) is 0 Å². The van der Waals surface area contributed by atoms with Crippen LogP contribution in [0.1, 0.15) is 41.0 Å². The van der Waals surface area contributed by atoms with Crippen LogP contribution in [-0.4, -0.2) is 635 Å². The first-order chi connectivity index (χ1) is 71.0. The highest BCUT2D eigenvalue weighted by Gasteiger charge is 2.65. The summed E-state index contributed by atoms with van der Waals surface area (Å²) in [6.07, 6.45) is -111. The Hall–Kier alpha value is -5.83. The zero-order valence-electron chi connectivity index (χ0n) is 80.4. The molecule has 67 nitrogen and oxygen atoms in total. The first-order valence-corrected chi connectivity index (χ1v) is 47.5. The standard InChI is InChI=1S/C83H138N6O61/c1-21(102)85-39-27(107)6-83(82(127)128,149-67(39)44(109)28(108)8-91)150-71-48(113)32(12-95)134-81(61(71)126)144-65-36(16-99)138-75(43(53(65)118)89-25(5)106)148-70-49(114)38(140-80(60(70)125)143-64-35(15-98)137-74(42(52(64)117)88-24(4)105)147-69-47(112)31(11-94)133-79(59(69)124)145-66-37(17-100)139-76(57(122)55(66)120)129-18-26(7-90)84-20-101)19-130-72-40(86-22(2)103)50(115)62(33(13-96)135-72)142-78-58(123)68(46(111)30(10-93)132-78)146-73-41(87-23(3)104)51(116)63(34(14-97)136-73)141-77-56(121)54(119)45(110)29(9-92)131-77/h20,26-81,90-100,107-126H,6-19H2,1-5H3,(H,84,101)(H,85,102)(H,86,103)(H,87,104)(H,88,105)(H,89,106)(H,127,128)/p-1/t26-,27+,28-,29-,30-,31-,32-,33-,34-,35-,36-,37-,38-,39-,40-,41-,42-,43-,44-,45+,46+,47+,48+,49+,50-,51-,52-,53-,54+,55-,56-,57-,58-,59-,60-,61-,62-,63-,64-,65-,66-,67-,68+,69+,70+,71+,72-,73+,74+,75+,76-,77+,78+,79+,80+,81+,83+/m1/s1. The van der Waals surface area contributed by atoms with Gasteiger partial charge in [0.1, 0.15) is 268 Å². The van der Waals surface area contributed by atoms with Crippen LogP contribution in [0.3, 0.4) is 0 Å². The molecule has 0 bridgehead atoms. The van der Waals surface area contributed by atoms with Crippen molar-refractivity contribution in [3.8, 4) is 0 Å². The van der Waals surface area contributed by atoms with Crippen LogP contribution in [0.2, 0.25) is 0 Å². The third kappa shape index (κ3) is 28.0. The molecule has 11 aliphatic rings. The molecular weight excluding hydrogens is 2060 g/mol. The predicted octanol–water partition coefficient (Wildman–Crippen LogP) is -27.3. The van der Waals surface area contributed by atoms with E-state index in [1.54, 1.807) is 0 Å². The Bertz CT molecular complexity index is 4230. The monoisotopic (exact) mass is 2190 g/mol. The minimum atomic E-state index is -3.47. The fourth-order valence-electron chi connectivity index (χ4n) is 19.1. The summed E-state index contributed by atoms with van der Waals surface area (Å²) >= 11 is 0. The van der Waals surface area contributed by atoms with Gasteiger partial charge in [-0.2, -0.15) is 0 Å². The van der Waals surface area contributed by atoms with Gasteiger partial charge in [0.25, 0.3) is 0 Å². The minimum absolute atomic E-state index is 0.221. The van der Waals surface area contributed by atoms with Crippen LogP contribution < -0.4 is 37.0 Å². The lowest BCUT2D eigenvalue weighted by molar-refractivity contribution is -0.411. The van der Waals surface area contributed by atoms with Crippen molar-refractivity contribution in [1.29, 1.82) is 0 Å². The molecule has 0 saturated carbocycles. The Balaban J connectivity index is 0.884. The highest BCUT2D eigenvalue weighted by atomic mass is 16.8. The number of aliphatic hydroxyl groups excluding tert-OH is 31. The van der Waals surface area contributed by atoms with Gasteiger partial charge in [0.05, 0.1) is 104 Å². The van der Waals surface area contributed by atoms with Gasteiger partial charge in [-0.25, -0.2) is 0 Å². The highest BCUT2D eigenvalue weighted by Crippen LogP contribution is 2.44. The molecule has 6 amide bonds. The number of ether oxygens (including phenoxy) is 22. The smallest absolute Gasteiger partial charge is 0.217 e. The number of carbonyl (C=O) groups excluding carboxylic acids is 7. The van der Waals surface area contributed by atoms with Crippen molar-refractivity contribution < 1.29 is 301 Å². The second-order valence-corrected chi connectivity index (χ2v) is 37.4. The maximum atomic E-state index is 13.5. The van der Waals surface area contributed by atoms with Gasteiger partial charge in [0.15, 0.2) is 62.9 Å². The summed E-state index contributed by atoms with van der Waals surface area (Å²) in [5.74, 6) is -11.0. The Morgan fingerprint density at radius 1 is 0.313 bits per heavy atom. The summed E-state index contributed by atoms with van der Waals surface area (Å²) in [5, 5.41) is 377. The van der Waals surface area contributed by atoms with Gasteiger partial charge >= 0.3 is 0 Å². The first-order valence-electron chi connectivity index (χ1n) is 47.5. The van der Waals surface area contributed by atoms with E-state index >= 15 is 0 Å². The largest absolute Gasteiger partial charge is 0.544 e. The summed E-state index contributed by atoms with van der Waals surface area (Å²) in [4.78, 5) is 89.7. The Morgan fingerprint density at radius 2 is 0.593 bits per heavy atom. The molecule has 11 aliphatic heterocycles. The van der Waals surface area contributed by atoms with E-state index in [4.69, 9.17) is 104 Å². The van der Waals surface area contributed by atoms with Gasteiger partial charge in [0, 0.05) is 41.0 Å². The topological polar surface area (TPSA) is 1040 Å². The molecule has 11 rings (SSSR count). The molecule has 0 aromatic rings. The van der Waals surface area contributed by atoms with E-state index in [1.807, 2.05) is 0 Å². The lowest BCUT2D eigenvalue weighted by Crippen LogP contribution is -2.72. The van der Waals surface area contributed by atoms with Crippen molar-refractivity contribution in [3.63, 3.8) is 0 Å². The van der Waals surface area contributed by atoms with Crippen molar-refractivity contribution >= 4 is 41.9 Å². The maximum absolute atomic E-state index is 13.5. The molecule has 0 aliphatic carbocycles. The number of nitrogens with one attached hydrogen (secondary N) is 6. The molecule has 67 heteroatoms. The lowest BCUT2D eigenvalue weighted by atomic mass is 9.88. The van der Waals surface area contributed by atoms with E-state index in [0.717, 1.165) is 34.6 Å². The van der Waals surface area contributed by atoms with E-state index in [0.29, 0.717) is 0 Å². The number of carboxylic acid groups (broad SMARTS) is 1.